The van der Waals surface area contributed by atoms with E-state index < -0.39 is 10.7 Å². The average Bonchev–Trinajstić information content (AvgIpc) is 2.35. The monoisotopic (exact) mass is 388 g/mol. The minimum absolute atomic E-state index is 0.131. The Morgan fingerprint density at radius 3 is 2.37 bits per heavy atom. The molecule has 0 fully saturated rings. The van der Waals surface area contributed by atoms with Crippen molar-refractivity contribution in [1.29, 1.82) is 0 Å². The van der Waals surface area contributed by atoms with Gasteiger partial charge in [-0.25, -0.2) is 4.39 Å². The van der Waals surface area contributed by atoms with E-state index in [-0.39, 0.29) is 17.1 Å². The van der Waals surface area contributed by atoms with Crippen LogP contribution in [0, 0.1) is 15.9 Å². The number of hydrogen-bond donors (Lipinski definition) is 1. The maximum absolute atomic E-state index is 13.6. The molecule has 2 aromatic carbocycles. The quantitative estimate of drug-likeness (QED) is 0.593. The molecule has 2 aromatic rings. The lowest BCUT2D eigenvalue weighted by Crippen LogP contribution is -1.98. The number of nitro benzene ring substituents is 1. The normalized spacial score (nSPS) is 10.3. The highest BCUT2D eigenvalue weighted by atomic mass is 79.9. The smallest absolute Gasteiger partial charge is 0.293 e. The average molecular weight is 390 g/mol. The number of nitrogens with zero attached hydrogens (tertiary/aromatic N) is 1. The fraction of sp³-hybridized carbons (Fsp3) is 0. The molecule has 0 aliphatic rings. The molecule has 0 aliphatic carbocycles. The van der Waals surface area contributed by atoms with E-state index in [1.165, 1.54) is 24.3 Å². The molecule has 19 heavy (non-hydrogen) atoms. The van der Waals surface area contributed by atoms with Crippen molar-refractivity contribution < 1.29 is 9.31 Å². The predicted octanol–water partition coefficient (Wildman–Crippen LogP) is 5.00. The summed E-state index contributed by atoms with van der Waals surface area (Å²) in [5.74, 6) is -0.486. The van der Waals surface area contributed by atoms with Gasteiger partial charge in [-0.3, -0.25) is 10.1 Å². The zero-order valence-corrected chi connectivity index (χ0v) is 12.5. The van der Waals surface area contributed by atoms with Crippen molar-refractivity contribution in [3.05, 3.63) is 61.3 Å². The van der Waals surface area contributed by atoms with Crippen molar-refractivity contribution >= 4 is 48.9 Å². The number of nitrogens with one attached hydrogen (secondary N) is 1. The van der Waals surface area contributed by atoms with Gasteiger partial charge < -0.3 is 5.32 Å². The van der Waals surface area contributed by atoms with Crippen LogP contribution in [0.4, 0.5) is 21.5 Å². The van der Waals surface area contributed by atoms with Crippen LogP contribution in [-0.2, 0) is 0 Å². The lowest BCUT2D eigenvalue weighted by molar-refractivity contribution is -0.384. The highest BCUT2D eigenvalue weighted by Crippen LogP contribution is 2.32. The molecule has 1 N–H and O–H groups in total. The molecule has 0 heterocycles. The molecular weight excluding hydrogens is 383 g/mol. The van der Waals surface area contributed by atoms with Crippen molar-refractivity contribution in [2.45, 2.75) is 0 Å². The summed E-state index contributed by atoms with van der Waals surface area (Å²) < 4.78 is 14.9. The van der Waals surface area contributed by atoms with E-state index in [4.69, 9.17) is 0 Å². The van der Waals surface area contributed by atoms with Gasteiger partial charge in [0.05, 0.1) is 10.6 Å². The van der Waals surface area contributed by atoms with Gasteiger partial charge >= 0.3 is 0 Å². The van der Waals surface area contributed by atoms with Crippen LogP contribution in [0.2, 0.25) is 0 Å². The molecule has 0 unspecified atom stereocenters. The van der Waals surface area contributed by atoms with Gasteiger partial charge in [-0.15, -0.1) is 0 Å². The molecule has 0 atom stereocenters. The Bertz CT molecular complexity index is 650. The van der Waals surface area contributed by atoms with Crippen LogP contribution in [0.1, 0.15) is 0 Å². The number of hydrogen-bond acceptors (Lipinski definition) is 3. The summed E-state index contributed by atoms with van der Waals surface area (Å²) in [5.41, 5.74) is 0.263. The van der Waals surface area contributed by atoms with E-state index in [9.17, 15) is 14.5 Å². The van der Waals surface area contributed by atoms with Crippen LogP contribution in [0.5, 0.6) is 0 Å². The van der Waals surface area contributed by atoms with Crippen LogP contribution < -0.4 is 5.32 Å². The number of rotatable bonds is 3. The molecule has 98 valence electrons. The Hall–Kier alpha value is -1.47. The van der Waals surface area contributed by atoms with Crippen molar-refractivity contribution in [3.8, 4) is 0 Å². The largest absolute Gasteiger partial charge is 0.347 e. The standard InChI is InChI=1S/C12H7Br2FN2O2/c13-7-1-3-9(15)11(5-7)16-10-4-2-8(14)6-12(10)17(18)19/h1-6,16H. The Morgan fingerprint density at radius 2 is 1.68 bits per heavy atom. The van der Waals surface area contributed by atoms with E-state index in [1.807, 2.05) is 0 Å². The minimum atomic E-state index is -0.525. The van der Waals surface area contributed by atoms with Gasteiger partial charge in [0.2, 0.25) is 0 Å². The number of anilines is 2. The maximum atomic E-state index is 13.6. The van der Waals surface area contributed by atoms with E-state index in [0.717, 1.165) is 0 Å². The third-order valence-corrected chi connectivity index (χ3v) is 3.34. The van der Waals surface area contributed by atoms with Gasteiger partial charge in [0.25, 0.3) is 5.69 Å². The predicted molar refractivity (Wildman–Crippen MR) is 78.2 cm³/mol. The molecule has 4 nitrogen and oxygen atoms in total. The van der Waals surface area contributed by atoms with Crippen LogP contribution in [-0.4, -0.2) is 4.92 Å². The van der Waals surface area contributed by atoms with E-state index in [2.05, 4.69) is 37.2 Å². The van der Waals surface area contributed by atoms with Crippen LogP contribution >= 0.6 is 31.9 Å². The highest BCUT2D eigenvalue weighted by Gasteiger charge is 2.15. The summed E-state index contributed by atoms with van der Waals surface area (Å²) in [7, 11) is 0. The highest BCUT2D eigenvalue weighted by molar-refractivity contribution is 9.10. The molecule has 0 saturated heterocycles. The van der Waals surface area contributed by atoms with Crippen molar-refractivity contribution in [2.24, 2.45) is 0 Å². The van der Waals surface area contributed by atoms with Crippen LogP contribution in [0.3, 0.4) is 0 Å². The summed E-state index contributed by atoms with van der Waals surface area (Å²) in [6.07, 6.45) is 0. The third kappa shape index (κ3) is 3.30. The second-order valence-corrected chi connectivity index (χ2v) is 5.50. The van der Waals surface area contributed by atoms with Crippen molar-refractivity contribution in [1.82, 2.24) is 0 Å². The first kappa shape index (κ1) is 14.0. The van der Waals surface area contributed by atoms with Crippen LogP contribution in [0.25, 0.3) is 0 Å². The zero-order valence-electron chi connectivity index (χ0n) is 9.36. The van der Waals surface area contributed by atoms with E-state index >= 15 is 0 Å². The molecule has 0 aromatic heterocycles. The molecule has 0 saturated carbocycles. The number of nitro groups is 1. The fourth-order valence-corrected chi connectivity index (χ4v) is 2.21. The Morgan fingerprint density at radius 1 is 1.05 bits per heavy atom. The third-order valence-electron chi connectivity index (χ3n) is 2.35. The molecule has 0 bridgehead atoms. The first-order chi connectivity index (χ1) is 8.97. The van der Waals surface area contributed by atoms with Gasteiger partial charge in [-0.2, -0.15) is 0 Å². The Balaban J connectivity index is 2.43. The molecule has 7 heteroatoms. The SMILES string of the molecule is O=[N+]([O-])c1cc(Br)ccc1Nc1cc(Br)ccc1F. The molecule has 0 aliphatic heterocycles. The fourth-order valence-electron chi connectivity index (χ4n) is 1.50. The lowest BCUT2D eigenvalue weighted by Gasteiger charge is -2.08. The summed E-state index contributed by atoms with van der Waals surface area (Å²) >= 11 is 6.38. The van der Waals surface area contributed by atoms with E-state index in [0.29, 0.717) is 8.95 Å². The summed E-state index contributed by atoms with van der Waals surface area (Å²) in [5, 5.41) is 13.7. The minimum Gasteiger partial charge on any atom is -0.347 e. The van der Waals surface area contributed by atoms with Gasteiger partial charge in [0.1, 0.15) is 11.5 Å². The maximum Gasteiger partial charge on any atom is 0.293 e. The Labute approximate surface area is 125 Å². The zero-order chi connectivity index (χ0) is 14.0. The molecular formula is C12H7Br2FN2O2. The molecule has 2 rings (SSSR count). The molecule has 0 radical (unpaired) electrons. The summed E-state index contributed by atoms with van der Waals surface area (Å²) in [4.78, 5) is 10.4. The molecule has 0 spiro atoms. The van der Waals surface area contributed by atoms with Crippen LogP contribution in [0.15, 0.2) is 45.3 Å². The number of halogens is 3. The van der Waals surface area contributed by atoms with Gasteiger partial charge in [0, 0.05) is 15.0 Å². The van der Waals surface area contributed by atoms with Gasteiger partial charge in [-0.1, -0.05) is 31.9 Å². The topological polar surface area (TPSA) is 55.2 Å². The van der Waals surface area contributed by atoms with Gasteiger partial charge in [-0.05, 0) is 30.3 Å². The first-order valence-electron chi connectivity index (χ1n) is 5.13. The van der Waals surface area contributed by atoms with E-state index in [1.54, 1.807) is 12.1 Å². The Kier molecular flexibility index (Phi) is 4.16. The first-order valence-corrected chi connectivity index (χ1v) is 6.72. The van der Waals surface area contributed by atoms with Crippen molar-refractivity contribution in [2.75, 3.05) is 5.32 Å². The second-order valence-electron chi connectivity index (χ2n) is 3.67. The van der Waals surface area contributed by atoms with Crippen molar-refractivity contribution in [3.63, 3.8) is 0 Å². The lowest BCUT2D eigenvalue weighted by atomic mass is 10.2. The second kappa shape index (κ2) is 5.66. The molecule has 0 amide bonds. The summed E-state index contributed by atoms with van der Waals surface area (Å²) in [6.45, 7) is 0. The summed E-state index contributed by atoms with van der Waals surface area (Å²) in [6, 6.07) is 8.86. The van der Waals surface area contributed by atoms with Gasteiger partial charge in [0.15, 0.2) is 0 Å². The number of benzene rings is 2.